The van der Waals surface area contributed by atoms with Gasteiger partial charge < -0.3 is 4.90 Å². The van der Waals surface area contributed by atoms with Crippen molar-refractivity contribution in [1.29, 1.82) is 0 Å². The quantitative estimate of drug-likeness (QED) is 0.831. The van der Waals surface area contributed by atoms with Crippen LogP contribution in [0.25, 0.3) is 0 Å². The molecule has 2 fully saturated rings. The summed E-state index contributed by atoms with van der Waals surface area (Å²) in [7, 11) is -1.28. The Morgan fingerprint density at radius 2 is 2.05 bits per heavy atom. The lowest BCUT2D eigenvalue weighted by Gasteiger charge is -2.33. The van der Waals surface area contributed by atoms with Gasteiger partial charge in [0.25, 0.3) is 0 Å². The highest BCUT2D eigenvalue weighted by Gasteiger charge is 2.39. The van der Waals surface area contributed by atoms with E-state index >= 15 is 0 Å². The molecule has 2 aliphatic rings. The molecule has 2 heterocycles. The zero-order chi connectivity index (χ0) is 14.2. The van der Waals surface area contributed by atoms with Gasteiger partial charge in [-0.1, -0.05) is 0 Å². The first-order valence-corrected chi connectivity index (χ1v) is 9.55. The number of thiazole rings is 1. The van der Waals surface area contributed by atoms with Crippen LogP contribution in [0, 0.1) is 5.92 Å². The van der Waals surface area contributed by atoms with Gasteiger partial charge in [0, 0.05) is 38.3 Å². The van der Waals surface area contributed by atoms with Crippen LogP contribution in [-0.2, 0) is 10.0 Å². The Hall–Kier alpha value is -0.660. The third kappa shape index (κ3) is 2.99. The number of hydrogen-bond acceptors (Lipinski definition) is 5. The second-order valence-electron chi connectivity index (χ2n) is 5.77. The standard InChI is InChI=1S/C13H21N3O2S2/c1-15(20(17,18)12-2-3-12)10-11-4-7-16(8-5-11)13-14-6-9-19-13/h6,9,11-12H,2-5,7-8,10H2,1H3. The molecule has 112 valence electrons. The van der Waals surface area contributed by atoms with Gasteiger partial charge in [-0.15, -0.1) is 11.3 Å². The van der Waals surface area contributed by atoms with Crippen LogP contribution in [0.4, 0.5) is 5.13 Å². The topological polar surface area (TPSA) is 53.5 Å². The third-order valence-corrected chi connectivity index (χ3v) is 7.36. The summed E-state index contributed by atoms with van der Waals surface area (Å²) in [5, 5.41) is 2.99. The smallest absolute Gasteiger partial charge is 0.216 e. The second kappa shape index (κ2) is 5.61. The van der Waals surface area contributed by atoms with Gasteiger partial charge in [-0.25, -0.2) is 17.7 Å². The van der Waals surface area contributed by atoms with E-state index in [1.165, 1.54) is 0 Å². The first kappa shape index (κ1) is 14.3. The van der Waals surface area contributed by atoms with Crippen molar-refractivity contribution in [2.75, 3.05) is 31.6 Å². The summed E-state index contributed by atoms with van der Waals surface area (Å²) in [6.45, 7) is 2.63. The molecule has 1 aromatic heterocycles. The predicted octanol–water partition coefficient (Wildman–Crippen LogP) is 1.78. The van der Waals surface area contributed by atoms with E-state index in [1.54, 1.807) is 22.7 Å². The maximum atomic E-state index is 12.1. The van der Waals surface area contributed by atoms with Crippen LogP contribution in [0.3, 0.4) is 0 Å². The molecule has 20 heavy (non-hydrogen) atoms. The molecule has 0 N–H and O–H groups in total. The van der Waals surface area contributed by atoms with Crippen molar-refractivity contribution in [3.8, 4) is 0 Å². The first-order valence-electron chi connectivity index (χ1n) is 7.17. The molecule has 0 amide bonds. The summed E-state index contributed by atoms with van der Waals surface area (Å²) in [5.41, 5.74) is 0. The minimum absolute atomic E-state index is 0.0945. The van der Waals surface area contributed by atoms with Crippen molar-refractivity contribution >= 4 is 26.5 Å². The molecule has 0 aromatic carbocycles. The molecule has 0 spiro atoms. The number of hydrogen-bond donors (Lipinski definition) is 0. The molecule has 1 aromatic rings. The van der Waals surface area contributed by atoms with Gasteiger partial charge in [0.05, 0.1) is 5.25 Å². The number of aromatic nitrogens is 1. The van der Waals surface area contributed by atoms with E-state index in [1.807, 2.05) is 11.6 Å². The third-order valence-electron chi connectivity index (χ3n) is 4.20. The fourth-order valence-electron chi connectivity index (χ4n) is 2.77. The van der Waals surface area contributed by atoms with Crippen molar-refractivity contribution in [1.82, 2.24) is 9.29 Å². The first-order chi connectivity index (χ1) is 9.57. The summed E-state index contributed by atoms with van der Waals surface area (Å²) in [4.78, 5) is 6.64. The SMILES string of the molecule is CN(CC1CCN(c2nccs2)CC1)S(=O)(=O)C1CC1. The Balaban J connectivity index is 1.51. The van der Waals surface area contributed by atoms with Crippen molar-refractivity contribution in [3.05, 3.63) is 11.6 Å². The zero-order valence-electron chi connectivity index (χ0n) is 11.7. The highest BCUT2D eigenvalue weighted by Crippen LogP contribution is 2.32. The van der Waals surface area contributed by atoms with Crippen LogP contribution in [0.15, 0.2) is 11.6 Å². The molecule has 7 heteroatoms. The summed E-state index contributed by atoms with van der Waals surface area (Å²) in [5.74, 6) is 0.477. The van der Waals surface area contributed by atoms with Crippen molar-refractivity contribution in [2.45, 2.75) is 30.9 Å². The maximum Gasteiger partial charge on any atom is 0.216 e. The van der Waals surface area contributed by atoms with Crippen molar-refractivity contribution in [2.24, 2.45) is 5.92 Å². The van der Waals surface area contributed by atoms with E-state index in [0.29, 0.717) is 12.5 Å². The second-order valence-corrected chi connectivity index (χ2v) is 8.96. The lowest BCUT2D eigenvalue weighted by molar-refractivity contribution is 0.327. The molecule has 0 atom stereocenters. The maximum absolute atomic E-state index is 12.1. The van der Waals surface area contributed by atoms with Crippen LogP contribution in [0.2, 0.25) is 0 Å². The van der Waals surface area contributed by atoms with E-state index in [9.17, 15) is 8.42 Å². The molecule has 0 radical (unpaired) electrons. The molecular formula is C13H21N3O2S2. The fraction of sp³-hybridized carbons (Fsp3) is 0.769. The number of nitrogens with zero attached hydrogens (tertiary/aromatic N) is 3. The number of anilines is 1. The van der Waals surface area contributed by atoms with E-state index in [0.717, 1.165) is 43.9 Å². The molecule has 1 saturated carbocycles. The van der Waals surface area contributed by atoms with E-state index in [2.05, 4.69) is 9.88 Å². The Bertz CT molecular complexity index is 532. The Kier molecular flexibility index (Phi) is 4.01. The normalized spacial score (nSPS) is 21.6. The Morgan fingerprint density at radius 3 is 2.60 bits per heavy atom. The van der Waals surface area contributed by atoms with Gasteiger partial charge in [-0.3, -0.25) is 0 Å². The fourth-order valence-corrected chi connectivity index (χ4v) is 5.12. The summed E-state index contributed by atoms with van der Waals surface area (Å²) < 4.78 is 25.8. The van der Waals surface area contributed by atoms with E-state index < -0.39 is 10.0 Å². The highest BCUT2D eigenvalue weighted by molar-refractivity contribution is 7.90. The molecular weight excluding hydrogens is 294 g/mol. The lowest BCUT2D eigenvalue weighted by atomic mass is 9.97. The molecule has 3 rings (SSSR count). The summed E-state index contributed by atoms with van der Waals surface area (Å²) in [6.07, 6.45) is 5.61. The van der Waals surface area contributed by atoms with Gasteiger partial charge >= 0.3 is 0 Å². The van der Waals surface area contributed by atoms with Crippen LogP contribution in [-0.4, -0.2) is 49.6 Å². The van der Waals surface area contributed by atoms with Crippen molar-refractivity contribution < 1.29 is 8.42 Å². The summed E-state index contributed by atoms with van der Waals surface area (Å²) in [6, 6.07) is 0. The monoisotopic (exact) mass is 315 g/mol. The van der Waals surface area contributed by atoms with Crippen LogP contribution in [0.5, 0.6) is 0 Å². The Morgan fingerprint density at radius 1 is 1.35 bits per heavy atom. The zero-order valence-corrected chi connectivity index (χ0v) is 13.4. The number of sulfonamides is 1. The Labute approximate surface area is 124 Å². The van der Waals surface area contributed by atoms with Gasteiger partial charge in [0.15, 0.2) is 5.13 Å². The summed E-state index contributed by atoms with van der Waals surface area (Å²) >= 11 is 1.67. The van der Waals surface area contributed by atoms with Gasteiger partial charge in [-0.05, 0) is 31.6 Å². The average Bonchev–Trinajstić information content (AvgIpc) is 3.17. The highest BCUT2D eigenvalue weighted by atomic mass is 32.2. The van der Waals surface area contributed by atoms with Gasteiger partial charge in [0.2, 0.25) is 10.0 Å². The predicted molar refractivity (Wildman–Crippen MR) is 81.6 cm³/mol. The average molecular weight is 315 g/mol. The van der Waals surface area contributed by atoms with Crippen LogP contribution >= 0.6 is 11.3 Å². The molecule has 5 nitrogen and oxygen atoms in total. The molecule has 0 bridgehead atoms. The largest absolute Gasteiger partial charge is 0.348 e. The van der Waals surface area contributed by atoms with Gasteiger partial charge in [-0.2, -0.15) is 0 Å². The minimum atomic E-state index is -3.01. The van der Waals surface area contributed by atoms with Crippen molar-refractivity contribution in [3.63, 3.8) is 0 Å². The van der Waals surface area contributed by atoms with Gasteiger partial charge in [0.1, 0.15) is 0 Å². The lowest BCUT2D eigenvalue weighted by Crippen LogP contribution is -2.40. The number of piperidine rings is 1. The molecule has 1 aliphatic carbocycles. The number of rotatable bonds is 5. The molecule has 0 unspecified atom stereocenters. The van der Waals surface area contributed by atoms with E-state index in [-0.39, 0.29) is 5.25 Å². The molecule has 1 aliphatic heterocycles. The van der Waals surface area contributed by atoms with Crippen LogP contribution in [0.1, 0.15) is 25.7 Å². The van der Waals surface area contributed by atoms with E-state index in [4.69, 9.17) is 0 Å². The minimum Gasteiger partial charge on any atom is -0.348 e. The van der Waals surface area contributed by atoms with Crippen LogP contribution < -0.4 is 4.90 Å². The molecule has 1 saturated heterocycles.